The van der Waals surface area contributed by atoms with E-state index in [-0.39, 0.29) is 13.3 Å². The number of halogens is 2. The fourth-order valence-electron chi connectivity index (χ4n) is 0.774. The Kier molecular flexibility index (Phi) is 7.31. The second-order valence-corrected chi connectivity index (χ2v) is 3.67. The first-order valence-electron chi connectivity index (χ1n) is 4.48. The van der Waals surface area contributed by atoms with Gasteiger partial charge in [0.2, 0.25) is 0 Å². The maximum Gasteiger partial charge on any atom is 0.323 e. The molecule has 0 aliphatic carbocycles. The number of aliphatic carboxylic acids is 1. The first-order valence-corrected chi connectivity index (χ1v) is 4.48. The van der Waals surface area contributed by atoms with E-state index in [4.69, 9.17) is 16.6 Å². The number of aliphatic imine (C=N–C) groups is 1. The van der Waals surface area contributed by atoms with Gasteiger partial charge in [-0.25, -0.2) is 8.78 Å². The summed E-state index contributed by atoms with van der Waals surface area (Å²) < 4.78 is 26.2. The monoisotopic (exact) mass is 251 g/mol. The molecule has 0 fully saturated rings. The number of carboxylic acid groups (broad SMARTS) is 1. The average Bonchev–Trinajstić information content (AvgIpc) is 2.12. The zero-order chi connectivity index (χ0) is 12.9. The Morgan fingerprint density at radius 3 is 2.24 bits per heavy atom. The van der Waals surface area contributed by atoms with Crippen molar-refractivity contribution in [2.24, 2.45) is 16.5 Å². The normalized spacial score (nSPS) is 16.6. The quantitative estimate of drug-likeness (QED) is 0.507. The van der Waals surface area contributed by atoms with Gasteiger partial charge in [0.05, 0.1) is 12.4 Å². The van der Waals surface area contributed by atoms with Gasteiger partial charge in [0, 0.05) is 6.42 Å². The molecule has 0 spiro atoms. The lowest BCUT2D eigenvalue weighted by atomic mass is 9.98. The molecule has 5 N–H and O–H groups in total. The summed E-state index contributed by atoms with van der Waals surface area (Å²) in [6.45, 7) is 1.97. The molecule has 0 radical (unpaired) electrons. The number of nitrogens with zero attached hydrogens (tertiary/aromatic N) is 1. The van der Waals surface area contributed by atoms with E-state index in [0.29, 0.717) is 0 Å². The number of carboxylic acids is 1. The number of amidine groups is 1. The predicted molar refractivity (Wildman–Crippen MR) is 63.0 cm³/mol. The van der Waals surface area contributed by atoms with Crippen LogP contribution in [0.5, 0.6) is 0 Å². The molecule has 0 saturated carbocycles. The third-order valence-corrected chi connectivity index (χ3v) is 1.77. The van der Waals surface area contributed by atoms with Gasteiger partial charge in [0.1, 0.15) is 11.4 Å². The standard InChI is InChI=1S/C9H15F2N3O2.CH4/c1-5(12)14-4-7(11)6(10)3-9(2,13)8(15)16;/h3-4,13H2,1-2H3,(H2,12,14)(H,15,16);1H4/b7-6+;/t9-;/m0./s1. The minimum absolute atomic E-state index is 0. The van der Waals surface area contributed by atoms with Crippen molar-refractivity contribution in [1.82, 2.24) is 0 Å². The molecule has 0 amide bonds. The highest BCUT2D eigenvalue weighted by molar-refractivity contribution is 5.78. The van der Waals surface area contributed by atoms with Gasteiger partial charge in [0.15, 0.2) is 5.83 Å². The topological polar surface area (TPSA) is 102 Å². The van der Waals surface area contributed by atoms with Gasteiger partial charge in [-0.3, -0.25) is 9.79 Å². The van der Waals surface area contributed by atoms with E-state index in [0.717, 1.165) is 6.92 Å². The molecule has 1 atom stereocenters. The summed E-state index contributed by atoms with van der Waals surface area (Å²) in [5.41, 5.74) is 8.54. The molecule has 5 nitrogen and oxygen atoms in total. The molecule has 0 aliphatic rings. The minimum Gasteiger partial charge on any atom is -0.480 e. The lowest BCUT2D eigenvalue weighted by Gasteiger charge is -2.17. The largest absolute Gasteiger partial charge is 0.480 e. The maximum atomic E-state index is 13.2. The van der Waals surface area contributed by atoms with E-state index in [1.165, 1.54) is 6.92 Å². The first-order chi connectivity index (χ1) is 7.16. The van der Waals surface area contributed by atoms with Crippen LogP contribution in [0.15, 0.2) is 16.6 Å². The Bertz CT molecular complexity index is 334. The highest BCUT2D eigenvalue weighted by atomic mass is 19.2. The second-order valence-electron chi connectivity index (χ2n) is 3.67. The molecule has 0 heterocycles. The van der Waals surface area contributed by atoms with Gasteiger partial charge in [-0.15, -0.1) is 0 Å². The van der Waals surface area contributed by atoms with Crippen molar-refractivity contribution >= 4 is 11.8 Å². The van der Waals surface area contributed by atoms with Crippen molar-refractivity contribution in [2.45, 2.75) is 33.2 Å². The van der Waals surface area contributed by atoms with E-state index in [2.05, 4.69) is 4.99 Å². The SMILES string of the molecule is C.CC(N)=NC/C(F)=C(\F)C[C@](C)(N)C(=O)O. The highest BCUT2D eigenvalue weighted by Crippen LogP contribution is 2.19. The molecule has 0 bridgehead atoms. The van der Waals surface area contributed by atoms with Crippen LogP contribution in [0.4, 0.5) is 8.78 Å². The molecule has 0 aromatic heterocycles. The second kappa shape index (κ2) is 6.95. The van der Waals surface area contributed by atoms with Crippen molar-refractivity contribution in [3.05, 3.63) is 11.7 Å². The number of hydrogen-bond acceptors (Lipinski definition) is 3. The Morgan fingerprint density at radius 1 is 1.41 bits per heavy atom. The van der Waals surface area contributed by atoms with Crippen LogP contribution in [-0.2, 0) is 4.79 Å². The van der Waals surface area contributed by atoms with E-state index >= 15 is 0 Å². The van der Waals surface area contributed by atoms with Gasteiger partial charge < -0.3 is 16.6 Å². The lowest BCUT2D eigenvalue weighted by Crippen LogP contribution is -2.44. The van der Waals surface area contributed by atoms with Crippen LogP contribution < -0.4 is 11.5 Å². The zero-order valence-electron chi connectivity index (χ0n) is 9.13. The summed E-state index contributed by atoms with van der Waals surface area (Å²) >= 11 is 0. The Balaban J connectivity index is 0. The fourth-order valence-corrected chi connectivity index (χ4v) is 0.774. The molecule has 17 heavy (non-hydrogen) atoms. The molecule has 0 aliphatic heterocycles. The summed E-state index contributed by atoms with van der Waals surface area (Å²) in [5.74, 6) is -3.69. The van der Waals surface area contributed by atoms with E-state index in [1.54, 1.807) is 0 Å². The molecule has 0 aromatic rings. The molecule has 7 heteroatoms. The molecular weight excluding hydrogens is 232 g/mol. The molecular formula is C10H19F2N3O2. The lowest BCUT2D eigenvalue weighted by molar-refractivity contribution is -0.142. The van der Waals surface area contributed by atoms with Gasteiger partial charge in [-0.1, -0.05) is 7.43 Å². The highest BCUT2D eigenvalue weighted by Gasteiger charge is 2.30. The summed E-state index contributed by atoms with van der Waals surface area (Å²) in [7, 11) is 0. The summed E-state index contributed by atoms with van der Waals surface area (Å²) in [6.07, 6.45) is -0.729. The summed E-state index contributed by atoms with van der Waals surface area (Å²) in [4.78, 5) is 14.0. The number of rotatable bonds is 5. The molecule has 100 valence electrons. The van der Waals surface area contributed by atoms with Crippen molar-refractivity contribution in [3.63, 3.8) is 0 Å². The molecule has 0 unspecified atom stereocenters. The van der Waals surface area contributed by atoms with Gasteiger partial charge in [-0.2, -0.15) is 0 Å². The maximum absolute atomic E-state index is 13.2. The van der Waals surface area contributed by atoms with Crippen LogP contribution in [0, 0.1) is 0 Å². The van der Waals surface area contributed by atoms with Crippen LogP contribution in [0.2, 0.25) is 0 Å². The van der Waals surface area contributed by atoms with Crippen molar-refractivity contribution in [3.8, 4) is 0 Å². The Morgan fingerprint density at radius 2 is 1.88 bits per heavy atom. The summed E-state index contributed by atoms with van der Waals surface area (Å²) in [5, 5.41) is 8.61. The molecule has 0 rings (SSSR count). The summed E-state index contributed by atoms with van der Waals surface area (Å²) in [6, 6.07) is 0. The predicted octanol–water partition coefficient (Wildman–Crippen LogP) is 1.34. The van der Waals surface area contributed by atoms with Crippen LogP contribution in [0.3, 0.4) is 0 Å². The van der Waals surface area contributed by atoms with Gasteiger partial charge in [0.25, 0.3) is 0 Å². The van der Waals surface area contributed by atoms with Crippen molar-refractivity contribution < 1.29 is 18.7 Å². The molecule has 0 aromatic carbocycles. The van der Waals surface area contributed by atoms with E-state index in [1.807, 2.05) is 0 Å². The average molecular weight is 251 g/mol. The number of carbonyl (C=O) groups is 1. The minimum atomic E-state index is -1.84. The van der Waals surface area contributed by atoms with Crippen LogP contribution in [0.1, 0.15) is 27.7 Å². The first kappa shape index (κ1) is 17.9. The van der Waals surface area contributed by atoms with Crippen LogP contribution in [-0.4, -0.2) is 29.0 Å². The van der Waals surface area contributed by atoms with Gasteiger partial charge in [-0.05, 0) is 13.8 Å². The third-order valence-electron chi connectivity index (χ3n) is 1.77. The van der Waals surface area contributed by atoms with Crippen molar-refractivity contribution in [1.29, 1.82) is 0 Å². The number of nitrogens with two attached hydrogens (primary N) is 2. The van der Waals surface area contributed by atoms with Crippen LogP contribution in [0.25, 0.3) is 0 Å². The fraction of sp³-hybridized carbons (Fsp3) is 0.600. The van der Waals surface area contributed by atoms with E-state index in [9.17, 15) is 13.6 Å². The Hall–Kier alpha value is -1.50. The number of hydrogen-bond donors (Lipinski definition) is 3. The Labute approximate surface area is 99.2 Å². The van der Waals surface area contributed by atoms with E-state index < -0.39 is 36.1 Å². The van der Waals surface area contributed by atoms with Crippen molar-refractivity contribution in [2.75, 3.05) is 6.54 Å². The van der Waals surface area contributed by atoms with Crippen LogP contribution >= 0.6 is 0 Å². The van der Waals surface area contributed by atoms with Gasteiger partial charge >= 0.3 is 5.97 Å². The molecule has 0 saturated heterocycles. The smallest absolute Gasteiger partial charge is 0.323 e. The third kappa shape index (κ3) is 6.62. The zero-order valence-corrected chi connectivity index (χ0v) is 9.13.